The molecule has 4 heteroatoms. The number of hydrogen-bond acceptors (Lipinski definition) is 2. The maximum absolute atomic E-state index is 13.3. The Balaban J connectivity index is 1.35. The largest absolute Gasteiger partial charge is 0.303 e. The van der Waals surface area contributed by atoms with Crippen molar-refractivity contribution in [3.8, 4) is 0 Å². The maximum atomic E-state index is 13.3. The van der Waals surface area contributed by atoms with Gasteiger partial charge in [0.05, 0.1) is 5.52 Å². The van der Waals surface area contributed by atoms with Crippen LogP contribution in [0.2, 0.25) is 0 Å². The Morgan fingerprint density at radius 2 is 1.91 bits per heavy atom. The van der Waals surface area contributed by atoms with Crippen molar-refractivity contribution < 1.29 is 4.39 Å². The van der Waals surface area contributed by atoms with E-state index in [1.54, 1.807) is 0 Å². The lowest BCUT2D eigenvalue weighted by Gasteiger charge is -2.32. The second kappa shape index (κ2) is 6.60. The fourth-order valence-electron chi connectivity index (χ4n) is 4.43. The van der Waals surface area contributed by atoms with Crippen molar-refractivity contribution in [3.63, 3.8) is 0 Å². The van der Waals surface area contributed by atoms with Gasteiger partial charge in [0.15, 0.2) is 0 Å². The van der Waals surface area contributed by atoms with Gasteiger partial charge >= 0.3 is 0 Å². The molecule has 0 bridgehead atoms. The number of nitrogens with one attached hydrogen (secondary N) is 1. The summed E-state index contributed by atoms with van der Waals surface area (Å²) in [4.78, 5) is 2.63. The second-order valence-corrected chi connectivity index (χ2v) is 7.35. The second-order valence-electron chi connectivity index (χ2n) is 7.35. The lowest BCUT2D eigenvalue weighted by molar-refractivity contribution is 0.198. The smallest absolute Gasteiger partial charge is 0.125 e. The molecule has 1 aromatic carbocycles. The Morgan fingerprint density at radius 1 is 1.13 bits per heavy atom. The van der Waals surface area contributed by atoms with Gasteiger partial charge in [-0.1, -0.05) is 25.7 Å². The van der Waals surface area contributed by atoms with Crippen LogP contribution < -0.4 is 0 Å². The van der Waals surface area contributed by atoms with Crippen LogP contribution in [0, 0.1) is 11.7 Å². The van der Waals surface area contributed by atoms with E-state index in [2.05, 4.69) is 15.1 Å². The third-order valence-electron chi connectivity index (χ3n) is 5.87. The highest BCUT2D eigenvalue weighted by molar-refractivity contribution is 5.81. The summed E-state index contributed by atoms with van der Waals surface area (Å²) in [5.74, 6) is 1.31. The number of fused-ring (bicyclic) bond motifs is 1. The Morgan fingerprint density at radius 3 is 2.70 bits per heavy atom. The molecule has 0 atom stereocenters. The first-order valence-electron chi connectivity index (χ1n) is 9.15. The summed E-state index contributed by atoms with van der Waals surface area (Å²) in [5, 5.41) is 8.54. The van der Waals surface area contributed by atoms with E-state index in [4.69, 9.17) is 0 Å². The molecule has 1 aromatic heterocycles. The van der Waals surface area contributed by atoms with Gasteiger partial charge in [-0.25, -0.2) is 4.39 Å². The number of H-pyrrole nitrogens is 1. The molecule has 2 aromatic rings. The van der Waals surface area contributed by atoms with E-state index in [1.165, 1.54) is 82.4 Å². The lowest BCUT2D eigenvalue weighted by atomic mass is 9.91. The Bertz CT molecular complexity index is 652. The fourth-order valence-corrected chi connectivity index (χ4v) is 4.43. The minimum absolute atomic E-state index is 0.211. The number of nitrogens with zero attached hydrogens (tertiary/aromatic N) is 2. The van der Waals surface area contributed by atoms with Gasteiger partial charge in [0.25, 0.3) is 0 Å². The van der Waals surface area contributed by atoms with Crippen LogP contribution in [0.5, 0.6) is 0 Å². The van der Waals surface area contributed by atoms with Gasteiger partial charge in [0.2, 0.25) is 0 Å². The molecule has 1 N–H and O–H groups in total. The van der Waals surface area contributed by atoms with Crippen LogP contribution in [0.4, 0.5) is 4.39 Å². The van der Waals surface area contributed by atoms with Crippen LogP contribution in [0.3, 0.4) is 0 Å². The van der Waals surface area contributed by atoms with Gasteiger partial charge in [-0.05, 0) is 56.9 Å². The van der Waals surface area contributed by atoms with E-state index >= 15 is 0 Å². The summed E-state index contributed by atoms with van der Waals surface area (Å²) in [6, 6.07) is 4.93. The summed E-state index contributed by atoms with van der Waals surface area (Å²) in [7, 11) is 0. The number of aromatic nitrogens is 2. The first kappa shape index (κ1) is 15.1. The van der Waals surface area contributed by atoms with E-state index in [9.17, 15) is 4.39 Å². The molecule has 1 saturated heterocycles. The van der Waals surface area contributed by atoms with Gasteiger partial charge < -0.3 is 4.90 Å². The highest BCUT2D eigenvalue weighted by Gasteiger charge is 2.24. The van der Waals surface area contributed by atoms with Crippen LogP contribution in [0.1, 0.15) is 56.6 Å². The van der Waals surface area contributed by atoms with E-state index in [1.807, 2.05) is 6.07 Å². The summed E-state index contributed by atoms with van der Waals surface area (Å²) in [5.41, 5.74) is 1.96. The molecule has 0 radical (unpaired) electrons. The summed E-state index contributed by atoms with van der Waals surface area (Å²) < 4.78 is 13.3. The number of halogens is 1. The van der Waals surface area contributed by atoms with Gasteiger partial charge in [-0.3, -0.25) is 5.10 Å². The van der Waals surface area contributed by atoms with Crippen LogP contribution in [0.25, 0.3) is 10.9 Å². The maximum Gasteiger partial charge on any atom is 0.125 e. The zero-order chi connectivity index (χ0) is 15.6. The summed E-state index contributed by atoms with van der Waals surface area (Å²) in [6.45, 7) is 3.63. The number of likely N-dealkylation sites (tertiary alicyclic amines) is 1. The first-order chi connectivity index (χ1) is 11.3. The number of rotatable bonds is 4. The van der Waals surface area contributed by atoms with E-state index in [0.29, 0.717) is 5.92 Å². The molecular weight excluding hydrogens is 289 g/mol. The molecule has 124 valence electrons. The minimum Gasteiger partial charge on any atom is -0.303 e. The molecule has 0 amide bonds. The van der Waals surface area contributed by atoms with Crippen molar-refractivity contribution >= 4 is 10.9 Å². The Hall–Kier alpha value is -1.42. The van der Waals surface area contributed by atoms with Gasteiger partial charge in [-0.2, -0.15) is 5.10 Å². The molecule has 0 spiro atoms. The first-order valence-corrected chi connectivity index (χ1v) is 9.15. The van der Waals surface area contributed by atoms with Gasteiger partial charge in [0.1, 0.15) is 5.82 Å². The quantitative estimate of drug-likeness (QED) is 0.903. The SMILES string of the molecule is Fc1ccc2c(C3CCN(CCC4CCCC4)CC3)[nH]nc2c1. The van der Waals surface area contributed by atoms with Gasteiger partial charge in [-0.15, -0.1) is 0 Å². The molecule has 2 aliphatic rings. The zero-order valence-electron chi connectivity index (χ0n) is 13.7. The third-order valence-corrected chi connectivity index (χ3v) is 5.87. The molecular formula is C19H26FN3. The predicted molar refractivity (Wildman–Crippen MR) is 91.0 cm³/mol. The van der Waals surface area contributed by atoms with Crippen molar-refractivity contribution in [3.05, 3.63) is 29.7 Å². The van der Waals surface area contributed by atoms with Crippen molar-refractivity contribution in [2.24, 2.45) is 5.92 Å². The van der Waals surface area contributed by atoms with Crippen LogP contribution in [0.15, 0.2) is 18.2 Å². The van der Waals surface area contributed by atoms with E-state index in [-0.39, 0.29) is 5.82 Å². The zero-order valence-corrected chi connectivity index (χ0v) is 13.7. The van der Waals surface area contributed by atoms with Crippen molar-refractivity contribution in [1.29, 1.82) is 0 Å². The highest BCUT2D eigenvalue weighted by Crippen LogP contribution is 2.33. The molecule has 1 saturated carbocycles. The Kier molecular flexibility index (Phi) is 4.34. The van der Waals surface area contributed by atoms with Crippen molar-refractivity contribution in [2.45, 2.75) is 50.9 Å². The van der Waals surface area contributed by atoms with E-state index in [0.717, 1.165) is 16.8 Å². The molecule has 0 unspecified atom stereocenters. The summed E-state index contributed by atoms with van der Waals surface area (Å²) >= 11 is 0. The monoisotopic (exact) mass is 315 g/mol. The average Bonchev–Trinajstić information content (AvgIpc) is 3.22. The topological polar surface area (TPSA) is 31.9 Å². The van der Waals surface area contributed by atoms with Crippen LogP contribution >= 0.6 is 0 Å². The number of aromatic amines is 1. The lowest BCUT2D eigenvalue weighted by Crippen LogP contribution is -2.34. The summed E-state index contributed by atoms with van der Waals surface area (Å²) in [6.07, 6.45) is 9.54. The minimum atomic E-state index is -0.211. The number of hydrogen-bond donors (Lipinski definition) is 1. The van der Waals surface area contributed by atoms with Crippen LogP contribution in [-0.4, -0.2) is 34.7 Å². The predicted octanol–water partition coefficient (Wildman–Crippen LogP) is 4.46. The molecule has 2 fully saturated rings. The van der Waals surface area contributed by atoms with Crippen molar-refractivity contribution in [1.82, 2.24) is 15.1 Å². The molecule has 23 heavy (non-hydrogen) atoms. The number of piperidine rings is 1. The van der Waals surface area contributed by atoms with Gasteiger partial charge in [0, 0.05) is 23.1 Å². The van der Waals surface area contributed by atoms with E-state index < -0.39 is 0 Å². The van der Waals surface area contributed by atoms with Crippen molar-refractivity contribution in [2.75, 3.05) is 19.6 Å². The van der Waals surface area contributed by atoms with Crippen LogP contribution in [-0.2, 0) is 0 Å². The molecule has 2 heterocycles. The number of benzene rings is 1. The molecule has 1 aliphatic carbocycles. The third kappa shape index (κ3) is 3.27. The molecule has 1 aliphatic heterocycles. The standard InChI is InChI=1S/C19H26FN3/c20-16-5-6-17-18(13-16)21-22-19(17)15-8-11-23(12-9-15)10-7-14-3-1-2-4-14/h5-6,13-15H,1-4,7-12H2,(H,21,22). The highest BCUT2D eigenvalue weighted by atomic mass is 19.1. The molecule has 4 rings (SSSR count). The fraction of sp³-hybridized carbons (Fsp3) is 0.632. The Labute approximate surface area is 137 Å². The normalized spacial score (nSPS) is 21.4. The molecule has 3 nitrogen and oxygen atoms in total. The average molecular weight is 315 g/mol.